The molecule has 0 N–H and O–H groups in total. The number of rotatable bonds is 2. The fourth-order valence-corrected chi connectivity index (χ4v) is 1.14. The molecule has 72 valence electrons. The molecule has 1 aromatic heterocycles. The summed E-state index contributed by atoms with van der Waals surface area (Å²) in [6, 6.07) is 0. The minimum absolute atomic E-state index is 0.146. The Morgan fingerprint density at radius 3 is 2.54 bits per heavy atom. The van der Waals surface area contributed by atoms with Crippen LogP contribution in [0.3, 0.4) is 0 Å². The van der Waals surface area contributed by atoms with Crippen molar-refractivity contribution in [1.29, 1.82) is 0 Å². The van der Waals surface area contributed by atoms with Crippen LogP contribution in [-0.2, 0) is 7.05 Å². The number of Topliss-reactive ketones (excluding diaryl/α,β-unsaturated/α-hetero) is 1. The summed E-state index contributed by atoms with van der Waals surface area (Å²) in [7, 11) is 1.32. The number of hydrogen-bond acceptors (Lipinski definition) is 2. The van der Waals surface area contributed by atoms with Crippen molar-refractivity contribution in [2.24, 2.45) is 7.05 Å². The van der Waals surface area contributed by atoms with Crippen molar-refractivity contribution in [3.8, 4) is 0 Å². The van der Waals surface area contributed by atoms with Gasteiger partial charge in [-0.1, -0.05) is 11.6 Å². The van der Waals surface area contributed by atoms with Gasteiger partial charge in [0, 0.05) is 7.05 Å². The quantitative estimate of drug-likeness (QED) is 0.574. The number of carbonyl (C=O) groups excluding carboxylic acids is 1. The van der Waals surface area contributed by atoms with Gasteiger partial charge in [-0.2, -0.15) is 13.9 Å². The highest BCUT2D eigenvalue weighted by molar-refractivity contribution is 6.39. The van der Waals surface area contributed by atoms with Gasteiger partial charge in [-0.3, -0.25) is 9.48 Å². The van der Waals surface area contributed by atoms with E-state index < -0.39 is 16.9 Å². The van der Waals surface area contributed by atoms with Crippen LogP contribution in [0.2, 0.25) is 5.02 Å². The van der Waals surface area contributed by atoms with Gasteiger partial charge in [0.05, 0.1) is 11.2 Å². The molecule has 1 rings (SSSR count). The first-order valence-electron chi connectivity index (χ1n) is 3.13. The molecular weight excluding hydrogens is 225 g/mol. The monoisotopic (exact) mass is 228 g/mol. The molecule has 0 saturated carbocycles. The number of alkyl halides is 3. The molecule has 0 aromatic carbocycles. The number of nitrogens with zero attached hydrogens (tertiary/aromatic N) is 2. The molecule has 0 fully saturated rings. The summed E-state index contributed by atoms with van der Waals surface area (Å²) in [6.07, 6.45) is 1.09. The number of aryl methyl sites for hydroxylation is 1. The highest BCUT2D eigenvalue weighted by Crippen LogP contribution is 2.27. The average molecular weight is 229 g/mol. The van der Waals surface area contributed by atoms with Crippen LogP contribution in [0.25, 0.3) is 0 Å². The van der Waals surface area contributed by atoms with Crippen LogP contribution < -0.4 is 0 Å². The Kier molecular flexibility index (Phi) is 2.58. The minimum atomic E-state index is -3.95. The molecular formula is C6H4Cl2F2N2O. The number of ketones is 1. The zero-order valence-electron chi connectivity index (χ0n) is 6.39. The molecule has 0 aliphatic carbocycles. The van der Waals surface area contributed by atoms with Crippen molar-refractivity contribution >= 4 is 29.0 Å². The summed E-state index contributed by atoms with van der Waals surface area (Å²) >= 11 is 9.99. The molecule has 0 amide bonds. The van der Waals surface area contributed by atoms with Crippen LogP contribution in [0.1, 0.15) is 10.5 Å². The van der Waals surface area contributed by atoms with E-state index in [1.54, 1.807) is 0 Å². The maximum atomic E-state index is 12.4. The van der Waals surface area contributed by atoms with Crippen molar-refractivity contribution in [2.75, 3.05) is 0 Å². The van der Waals surface area contributed by atoms with E-state index in [0.717, 1.165) is 10.9 Å². The van der Waals surface area contributed by atoms with E-state index in [4.69, 9.17) is 11.6 Å². The number of hydrogen-bond donors (Lipinski definition) is 0. The predicted octanol–water partition coefficient (Wildman–Crippen LogP) is 2.09. The zero-order chi connectivity index (χ0) is 10.2. The van der Waals surface area contributed by atoms with E-state index in [1.165, 1.54) is 7.05 Å². The lowest BCUT2D eigenvalue weighted by Gasteiger charge is -2.06. The lowest BCUT2D eigenvalue weighted by atomic mass is 10.3. The molecule has 1 heterocycles. The first kappa shape index (κ1) is 10.4. The highest BCUT2D eigenvalue weighted by Gasteiger charge is 2.39. The average Bonchev–Trinajstić information content (AvgIpc) is 2.28. The van der Waals surface area contributed by atoms with E-state index in [-0.39, 0.29) is 5.02 Å². The molecule has 0 saturated heterocycles. The van der Waals surface area contributed by atoms with E-state index >= 15 is 0 Å². The van der Waals surface area contributed by atoms with Crippen molar-refractivity contribution in [1.82, 2.24) is 9.78 Å². The van der Waals surface area contributed by atoms with Gasteiger partial charge in [0.1, 0.15) is 5.69 Å². The fraction of sp³-hybridized carbons (Fsp3) is 0.333. The zero-order valence-corrected chi connectivity index (χ0v) is 7.90. The van der Waals surface area contributed by atoms with Crippen molar-refractivity contribution in [2.45, 2.75) is 5.38 Å². The summed E-state index contributed by atoms with van der Waals surface area (Å²) in [5, 5.41) is -0.570. The highest BCUT2D eigenvalue weighted by atomic mass is 35.5. The Balaban J connectivity index is 3.16. The molecule has 0 unspecified atom stereocenters. The van der Waals surface area contributed by atoms with E-state index in [0.29, 0.717) is 0 Å². The maximum Gasteiger partial charge on any atom is 0.386 e. The summed E-state index contributed by atoms with van der Waals surface area (Å²) < 4.78 is 25.7. The lowest BCUT2D eigenvalue weighted by molar-refractivity contribution is 0.0525. The number of carbonyl (C=O) groups is 1. The van der Waals surface area contributed by atoms with E-state index in [9.17, 15) is 13.6 Å². The topological polar surface area (TPSA) is 34.9 Å². The Morgan fingerprint density at radius 1 is 1.69 bits per heavy atom. The van der Waals surface area contributed by atoms with Crippen LogP contribution in [0, 0.1) is 0 Å². The summed E-state index contributed by atoms with van der Waals surface area (Å²) in [5.41, 5.74) is -0.401. The summed E-state index contributed by atoms with van der Waals surface area (Å²) in [4.78, 5) is 10.9. The van der Waals surface area contributed by atoms with Gasteiger partial charge >= 0.3 is 5.38 Å². The van der Waals surface area contributed by atoms with Crippen molar-refractivity contribution < 1.29 is 13.6 Å². The Hall–Kier alpha value is -0.680. The second kappa shape index (κ2) is 3.23. The third kappa shape index (κ3) is 1.97. The molecule has 0 atom stereocenters. The third-order valence-corrected chi connectivity index (χ3v) is 1.81. The number of halogens is 4. The standard InChI is InChI=1S/C6H4Cl2F2N2O/c1-12-4(3(7)2-11-12)5(13)6(8,9)10/h2H,1H3. The molecule has 3 nitrogen and oxygen atoms in total. The Labute approximate surface area is 82.2 Å². The predicted molar refractivity (Wildman–Crippen MR) is 43.3 cm³/mol. The fourth-order valence-electron chi connectivity index (χ4n) is 0.800. The molecule has 0 aliphatic rings. The van der Waals surface area contributed by atoms with Crippen molar-refractivity contribution in [3.63, 3.8) is 0 Å². The van der Waals surface area contributed by atoms with Crippen LogP contribution in [-0.4, -0.2) is 20.9 Å². The smallest absolute Gasteiger partial charge is 0.284 e. The molecule has 0 spiro atoms. The van der Waals surface area contributed by atoms with Crippen LogP contribution >= 0.6 is 23.2 Å². The lowest BCUT2D eigenvalue weighted by Crippen LogP contribution is -2.24. The van der Waals surface area contributed by atoms with E-state index in [1.807, 2.05) is 0 Å². The van der Waals surface area contributed by atoms with Crippen LogP contribution in [0.4, 0.5) is 8.78 Å². The first-order valence-corrected chi connectivity index (χ1v) is 3.88. The van der Waals surface area contributed by atoms with Gasteiger partial charge in [-0.25, -0.2) is 0 Å². The first-order chi connectivity index (χ1) is 5.84. The Morgan fingerprint density at radius 2 is 2.23 bits per heavy atom. The summed E-state index contributed by atoms with van der Waals surface area (Å²) in [5.74, 6) is -1.56. The second-order valence-electron chi connectivity index (χ2n) is 2.29. The van der Waals surface area contributed by atoms with Crippen LogP contribution in [0.5, 0.6) is 0 Å². The molecule has 0 aliphatic heterocycles. The summed E-state index contributed by atoms with van der Waals surface area (Å²) in [6.45, 7) is 0. The molecule has 1 aromatic rings. The third-order valence-electron chi connectivity index (χ3n) is 1.37. The second-order valence-corrected chi connectivity index (χ2v) is 3.17. The SMILES string of the molecule is Cn1ncc(Cl)c1C(=O)C(F)(F)Cl. The normalized spacial score (nSPS) is 11.8. The minimum Gasteiger partial charge on any atom is -0.284 e. The maximum absolute atomic E-state index is 12.4. The van der Waals surface area contributed by atoms with Crippen LogP contribution in [0.15, 0.2) is 6.20 Å². The van der Waals surface area contributed by atoms with Gasteiger partial charge in [0.2, 0.25) is 0 Å². The van der Waals surface area contributed by atoms with Gasteiger partial charge in [-0.05, 0) is 11.6 Å². The van der Waals surface area contributed by atoms with Gasteiger partial charge in [0.15, 0.2) is 0 Å². The number of aromatic nitrogens is 2. The van der Waals surface area contributed by atoms with Gasteiger partial charge in [-0.15, -0.1) is 0 Å². The largest absolute Gasteiger partial charge is 0.386 e. The van der Waals surface area contributed by atoms with Gasteiger partial charge in [0.25, 0.3) is 5.78 Å². The van der Waals surface area contributed by atoms with E-state index in [2.05, 4.69) is 16.7 Å². The molecule has 0 radical (unpaired) electrons. The van der Waals surface area contributed by atoms with Crippen molar-refractivity contribution in [3.05, 3.63) is 16.9 Å². The Bertz CT molecular complexity index is 325. The molecule has 13 heavy (non-hydrogen) atoms. The molecule has 0 bridgehead atoms. The molecule has 7 heteroatoms. The van der Waals surface area contributed by atoms with Gasteiger partial charge < -0.3 is 0 Å².